The van der Waals surface area contributed by atoms with Crippen LogP contribution in [0.25, 0.3) is 11.0 Å². The fraction of sp³-hybridized carbons (Fsp3) is 0.476. The van der Waals surface area contributed by atoms with E-state index in [9.17, 15) is 14.4 Å². The highest BCUT2D eigenvalue weighted by Crippen LogP contribution is 2.36. The summed E-state index contributed by atoms with van der Waals surface area (Å²) in [6, 6.07) is 8.64. The van der Waals surface area contributed by atoms with Crippen molar-refractivity contribution in [2.75, 3.05) is 6.54 Å². The molecule has 2 aromatic rings. The third kappa shape index (κ3) is 3.25. The number of rotatable bonds is 4. The van der Waals surface area contributed by atoms with Crippen LogP contribution in [0.15, 0.2) is 34.7 Å². The highest BCUT2D eigenvalue weighted by molar-refractivity contribution is 6.09. The zero-order valence-electron chi connectivity index (χ0n) is 16.2. The van der Waals surface area contributed by atoms with Crippen molar-refractivity contribution < 1.29 is 18.8 Å². The van der Waals surface area contributed by atoms with Gasteiger partial charge in [-0.1, -0.05) is 25.1 Å². The Hall–Kier alpha value is -2.83. The maximum atomic E-state index is 12.9. The number of fused-ring (bicyclic) bond motifs is 1. The molecule has 148 valence electrons. The highest BCUT2D eigenvalue weighted by Gasteiger charge is 2.52. The van der Waals surface area contributed by atoms with Gasteiger partial charge in [0.1, 0.15) is 23.4 Å². The molecule has 2 N–H and O–H groups in total. The van der Waals surface area contributed by atoms with E-state index in [1.165, 1.54) is 0 Å². The molecule has 1 aliphatic carbocycles. The van der Waals surface area contributed by atoms with Crippen LogP contribution >= 0.6 is 0 Å². The van der Waals surface area contributed by atoms with E-state index in [0.717, 1.165) is 28.7 Å². The lowest BCUT2D eigenvalue weighted by Crippen LogP contribution is -2.50. The zero-order chi connectivity index (χ0) is 19.9. The van der Waals surface area contributed by atoms with E-state index >= 15 is 0 Å². The lowest BCUT2D eigenvalue weighted by molar-refractivity contribution is -0.136. The van der Waals surface area contributed by atoms with Crippen molar-refractivity contribution in [3.8, 4) is 0 Å². The smallest absolute Gasteiger partial charge is 0.325 e. The largest absolute Gasteiger partial charge is 0.459 e. The summed E-state index contributed by atoms with van der Waals surface area (Å²) in [4.78, 5) is 38.7. The Kier molecular flexibility index (Phi) is 4.61. The molecule has 1 spiro atoms. The van der Waals surface area contributed by atoms with Crippen LogP contribution in [0.3, 0.4) is 0 Å². The molecular formula is C21H25N3O4. The Balaban J connectivity index is 1.40. The molecule has 1 aromatic carbocycles. The molecule has 4 rings (SSSR count). The van der Waals surface area contributed by atoms with Crippen LogP contribution in [0.2, 0.25) is 0 Å². The summed E-state index contributed by atoms with van der Waals surface area (Å²) in [6.45, 7) is 3.68. The second kappa shape index (κ2) is 6.96. The van der Waals surface area contributed by atoms with Gasteiger partial charge >= 0.3 is 6.03 Å². The maximum Gasteiger partial charge on any atom is 0.325 e. The Bertz CT molecular complexity index is 894. The first-order chi connectivity index (χ1) is 13.4. The van der Waals surface area contributed by atoms with Crippen LogP contribution in [0, 0.1) is 5.92 Å². The molecule has 7 heteroatoms. The normalized spacial score (nSPS) is 25.9. The standard InChI is InChI=1S/C21H25N3O4/c1-13-7-9-21(10-8-13)19(26)24(20(27)23-21)12-18(25)22-14(2)17-11-15-5-3-4-6-16(15)28-17/h3-6,11,13-14H,7-10,12H2,1-2H3,(H,22,25)(H,23,27). The molecular weight excluding hydrogens is 358 g/mol. The topological polar surface area (TPSA) is 91.7 Å². The zero-order valence-corrected chi connectivity index (χ0v) is 16.2. The number of furan rings is 1. The number of amides is 4. The molecule has 1 atom stereocenters. The minimum absolute atomic E-state index is 0.282. The van der Waals surface area contributed by atoms with Gasteiger partial charge in [0.2, 0.25) is 5.91 Å². The van der Waals surface area contributed by atoms with Crippen LogP contribution in [0.5, 0.6) is 0 Å². The molecule has 1 unspecified atom stereocenters. The van der Waals surface area contributed by atoms with Crippen molar-refractivity contribution in [2.24, 2.45) is 5.92 Å². The Morgan fingerprint density at radius 3 is 2.75 bits per heavy atom. The van der Waals surface area contributed by atoms with Crippen LogP contribution in [0.1, 0.15) is 51.3 Å². The first kappa shape index (κ1) is 18.5. The average molecular weight is 383 g/mol. The van der Waals surface area contributed by atoms with Gasteiger partial charge in [-0.3, -0.25) is 14.5 Å². The summed E-state index contributed by atoms with van der Waals surface area (Å²) in [5.74, 6) is 0.510. The number of nitrogens with zero attached hydrogens (tertiary/aromatic N) is 1. The van der Waals surface area contributed by atoms with E-state index in [-0.39, 0.29) is 18.5 Å². The van der Waals surface area contributed by atoms with Crippen molar-refractivity contribution in [2.45, 2.75) is 51.1 Å². The molecule has 28 heavy (non-hydrogen) atoms. The average Bonchev–Trinajstić information content (AvgIpc) is 3.20. The number of benzene rings is 1. The van der Waals surface area contributed by atoms with E-state index in [4.69, 9.17) is 4.42 Å². The minimum Gasteiger partial charge on any atom is -0.459 e. The van der Waals surface area contributed by atoms with Crippen LogP contribution in [-0.2, 0) is 9.59 Å². The number of imide groups is 1. The van der Waals surface area contributed by atoms with Crippen molar-refractivity contribution >= 4 is 28.8 Å². The van der Waals surface area contributed by atoms with E-state index < -0.39 is 17.5 Å². The third-order valence-corrected chi connectivity index (χ3v) is 5.92. The van der Waals surface area contributed by atoms with E-state index in [0.29, 0.717) is 24.5 Å². The number of hydrogen-bond donors (Lipinski definition) is 2. The summed E-state index contributed by atoms with van der Waals surface area (Å²) in [5.41, 5.74) is -0.0741. The van der Waals surface area contributed by atoms with Gasteiger partial charge in [0, 0.05) is 5.39 Å². The highest BCUT2D eigenvalue weighted by atomic mass is 16.3. The molecule has 1 aliphatic heterocycles. The first-order valence-electron chi connectivity index (χ1n) is 9.80. The predicted octanol–water partition coefficient (Wildman–Crippen LogP) is 3.11. The van der Waals surface area contributed by atoms with E-state index in [1.54, 1.807) is 0 Å². The van der Waals surface area contributed by atoms with Gasteiger partial charge in [0.05, 0.1) is 6.04 Å². The molecule has 1 aromatic heterocycles. The van der Waals surface area contributed by atoms with Crippen molar-refractivity contribution in [1.29, 1.82) is 0 Å². The fourth-order valence-corrected chi connectivity index (χ4v) is 4.13. The SMILES string of the molecule is CC1CCC2(CC1)NC(=O)N(CC(=O)NC(C)c1cc3ccccc3o1)C2=O. The number of hydrogen-bond acceptors (Lipinski definition) is 4. The molecule has 7 nitrogen and oxygen atoms in total. The number of carbonyl (C=O) groups excluding carboxylic acids is 3. The van der Waals surface area contributed by atoms with Gasteiger partial charge < -0.3 is 15.1 Å². The molecule has 0 bridgehead atoms. The van der Waals surface area contributed by atoms with Crippen LogP contribution in [-0.4, -0.2) is 34.8 Å². The van der Waals surface area contributed by atoms with Crippen LogP contribution in [0.4, 0.5) is 4.79 Å². The maximum absolute atomic E-state index is 12.9. The first-order valence-corrected chi connectivity index (χ1v) is 9.80. The lowest BCUT2D eigenvalue weighted by atomic mass is 9.77. The third-order valence-electron chi connectivity index (χ3n) is 5.92. The Morgan fingerprint density at radius 1 is 1.32 bits per heavy atom. The summed E-state index contributed by atoms with van der Waals surface area (Å²) in [5, 5.41) is 6.61. The van der Waals surface area contributed by atoms with Gasteiger partial charge in [-0.05, 0) is 50.7 Å². The predicted molar refractivity (Wildman–Crippen MR) is 103 cm³/mol. The van der Waals surface area contributed by atoms with Crippen LogP contribution < -0.4 is 10.6 Å². The van der Waals surface area contributed by atoms with Gasteiger partial charge in [-0.15, -0.1) is 0 Å². The lowest BCUT2D eigenvalue weighted by Gasteiger charge is -2.33. The molecule has 1 saturated carbocycles. The second-order valence-corrected chi connectivity index (χ2v) is 8.06. The Labute approximate surface area is 163 Å². The minimum atomic E-state index is -0.825. The molecule has 1 saturated heterocycles. The monoisotopic (exact) mass is 383 g/mol. The molecule has 2 heterocycles. The van der Waals surface area contributed by atoms with Crippen molar-refractivity contribution in [1.82, 2.24) is 15.5 Å². The molecule has 2 fully saturated rings. The fourth-order valence-electron chi connectivity index (χ4n) is 4.13. The number of nitrogens with one attached hydrogen (secondary N) is 2. The summed E-state index contributed by atoms with van der Waals surface area (Å²) >= 11 is 0. The number of carbonyl (C=O) groups is 3. The van der Waals surface area contributed by atoms with Gasteiger partial charge in [0.15, 0.2) is 0 Å². The Morgan fingerprint density at radius 2 is 2.04 bits per heavy atom. The van der Waals surface area contributed by atoms with Gasteiger partial charge in [0.25, 0.3) is 5.91 Å². The quantitative estimate of drug-likeness (QED) is 0.794. The summed E-state index contributed by atoms with van der Waals surface area (Å²) in [6.07, 6.45) is 3.06. The van der Waals surface area contributed by atoms with E-state index in [2.05, 4.69) is 17.6 Å². The molecule has 0 radical (unpaired) electrons. The summed E-state index contributed by atoms with van der Waals surface area (Å²) in [7, 11) is 0. The second-order valence-electron chi connectivity index (χ2n) is 8.06. The van der Waals surface area contributed by atoms with Crippen molar-refractivity contribution in [3.05, 3.63) is 36.1 Å². The van der Waals surface area contributed by atoms with Crippen molar-refractivity contribution in [3.63, 3.8) is 0 Å². The summed E-state index contributed by atoms with van der Waals surface area (Å²) < 4.78 is 5.77. The van der Waals surface area contributed by atoms with Gasteiger partial charge in [-0.25, -0.2) is 4.79 Å². The van der Waals surface area contributed by atoms with Gasteiger partial charge in [-0.2, -0.15) is 0 Å². The molecule has 4 amide bonds. The van der Waals surface area contributed by atoms with E-state index in [1.807, 2.05) is 37.3 Å². The number of para-hydroxylation sites is 1. The number of urea groups is 1. The molecule has 2 aliphatic rings.